The molecule has 5 rings (SSSR count). The first-order valence-corrected chi connectivity index (χ1v) is 11.6. The highest BCUT2D eigenvalue weighted by atomic mass is 16.5. The predicted octanol–water partition coefficient (Wildman–Crippen LogP) is 2.46. The van der Waals surface area contributed by atoms with Crippen molar-refractivity contribution in [2.24, 2.45) is 0 Å². The predicted molar refractivity (Wildman–Crippen MR) is 120 cm³/mol. The smallest absolute Gasteiger partial charge is 0.231 e. The lowest BCUT2D eigenvalue weighted by Crippen LogP contribution is -2.41. The van der Waals surface area contributed by atoms with Crippen LogP contribution in [-0.4, -0.2) is 78.9 Å². The van der Waals surface area contributed by atoms with Gasteiger partial charge in [0.2, 0.25) is 17.8 Å². The SMILES string of the molecule is Cc1ccc([C@H](CNc2nc(N3CCCC3)nc(N3CCCC3)n2)N2CCOCC2)o1. The second-order valence-corrected chi connectivity index (χ2v) is 8.64. The molecule has 3 aliphatic rings. The third kappa shape index (κ3) is 4.77. The second kappa shape index (κ2) is 9.40. The fraction of sp³-hybridized carbons (Fsp3) is 0.682. The molecule has 0 unspecified atom stereocenters. The molecule has 0 saturated carbocycles. The highest BCUT2D eigenvalue weighted by molar-refractivity contribution is 5.46. The third-order valence-corrected chi connectivity index (χ3v) is 6.42. The van der Waals surface area contributed by atoms with Gasteiger partial charge in [-0.3, -0.25) is 4.90 Å². The van der Waals surface area contributed by atoms with Crippen molar-refractivity contribution in [2.45, 2.75) is 38.6 Å². The fourth-order valence-electron chi connectivity index (χ4n) is 4.67. The number of nitrogens with one attached hydrogen (secondary N) is 1. The van der Waals surface area contributed by atoms with Gasteiger partial charge in [-0.2, -0.15) is 15.0 Å². The minimum absolute atomic E-state index is 0.111. The van der Waals surface area contributed by atoms with Crippen LogP contribution >= 0.6 is 0 Å². The van der Waals surface area contributed by atoms with Crippen LogP contribution in [0.1, 0.15) is 43.2 Å². The van der Waals surface area contributed by atoms with Crippen molar-refractivity contribution >= 4 is 17.8 Å². The zero-order valence-corrected chi connectivity index (χ0v) is 18.4. The summed E-state index contributed by atoms with van der Waals surface area (Å²) in [5.41, 5.74) is 0. The first-order valence-electron chi connectivity index (χ1n) is 11.6. The summed E-state index contributed by atoms with van der Waals surface area (Å²) in [7, 11) is 0. The molecule has 3 saturated heterocycles. The first-order chi connectivity index (χ1) is 15.3. The van der Waals surface area contributed by atoms with E-state index in [1.54, 1.807) is 0 Å². The molecule has 2 aromatic heterocycles. The highest BCUT2D eigenvalue weighted by Crippen LogP contribution is 2.26. The molecule has 31 heavy (non-hydrogen) atoms. The van der Waals surface area contributed by atoms with E-state index in [4.69, 9.17) is 24.1 Å². The maximum absolute atomic E-state index is 6.01. The summed E-state index contributed by atoms with van der Waals surface area (Å²) in [5.74, 6) is 4.16. The molecule has 3 fully saturated rings. The Balaban J connectivity index is 1.37. The lowest BCUT2D eigenvalue weighted by molar-refractivity contribution is 0.0143. The molecule has 0 radical (unpaired) electrons. The van der Waals surface area contributed by atoms with Gasteiger partial charge in [0.1, 0.15) is 11.5 Å². The van der Waals surface area contributed by atoms with Gasteiger partial charge in [0, 0.05) is 45.8 Å². The maximum Gasteiger partial charge on any atom is 0.231 e. The molecule has 1 N–H and O–H groups in total. The third-order valence-electron chi connectivity index (χ3n) is 6.42. The quantitative estimate of drug-likeness (QED) is 0.716. The van der Waals surface area contributed by atoms with E-state index in [-0.39, 0.29) is 6.04 Å². The molecule has 9 heteroatoms. The van der Waals surface area contributed by atoms with Gasteiger partial charge in [-0.1, -0.05) is 0 Å². The number of aromatic nitrogens is 3. The summed E-state index contributed by atoms with van der Waals surface area (Å²) in [6.07, 6.45) is 4.80. The molecule has 2 aromatic rings. The van der Waals surface area contributed by atoms with Crippen molar-refractivity contribution in [1.29, 1.82) is 0 Å². The van der Waals surface area contributed by atoms with Crippen LogP contribution in [0.25, 0.3) is 0 Å². The van der Waals surface area contributed by atoms with E-state index < -0.39 is 0 Å². The van der Waals surface area contributed by atoms with Crippen LogP contribution in [-0.2, 0) is 4.74 Å². The number of nitrogens with zero attached hydrogens (tertiary/aromatic N) is 6. The van der Waals surface area contributed by atoms with Crippen LogP contribution in [0.5, 0.6) is 0 Å². The van der Waals surface area contributed by atoms with Gasteiger partial charge in [-0.15, -0.1) is 0 Å². The van der Waals surface area contributed by atoms with Gasteiger partial charge < -0.3 is 24.3 Å². The van der Waals surface area contributed by atoms with Crippen LogP contribution in [0.15, 0.2) is 16.5 Å². The van der Waals surface area contributed by atoms with Crippen molar-refractivity contribution in [3.05, 3.63) is 23.7 Å². The van der Waals surface area contributed by atoms with Gasteiger partial charge >= 0.3 is 0 Å². The average molecular weight is 428 g/mol. The van der Waals surface area contributed by atoms with Gasteiger partial charge in [0.05, 0.1) is 19.3 Å². The van der Waals surface area contributed by atoms with Gasteiger partial charge in [0.15, 0.2) is 0 Å². The maximum atomic E-state index is 6.01. The van der Waals surface area contributed by atoms with E-state index in [0.29, 0.717) is 12.5 Å². The van der Waals surface area contributed by atoms with E-state index in [2.05, 4.69) is 26.1 Å². The molecule has 0 spiro atoms. The Morgan fingerprint density at radius 1 is 0.871 bits per heavy atom. The molecular weight excluding hydrogens is 394 g/mol. The lowest BCUT2D eigenvalue weighted by atomic mass is 10.1. The number of hydrogen-bond acceptors (Lipinski definition) is 9. The van der Waals surface area contributed by atoms with Crippen LogP contribution in [0.3, 0.4) is 0 Å². The Morgan fingerprint density at radius 2 is 1.48 bits per heavy atom. The molecule has 0 aliphatic carbocycles. The van der Waals surface area contributed by atoms with E-state index >= 15 is 0 Å². The van der Waals surface area contributed by atoms with Crippen molar-refractivity contribution in [3.8, 4) is 0 Å². The zero-order valence-electron chi connectivity index (χ0n) is 18.4. The number of hydrogen-bond donors (Lipinski definition) is 1. The van der Waals surface area contributed by atoms with E-state index in [1.807, 2.05) is 13.0 Å². The molecule has 1 atom stereocenters. The number of aryl methyl sites for hydroxylation is 1. The summed E-state index contributed by atoms with van der Waals surface area (Å²) >= 11 is 0. The van der Waals surface area contributed by atoms with E-state index in [0.717, 1.165) is 75.9 Å². The monoisotopic (exact) mass is 427 g/mol. The summed E-state index contributed by atoms with van der Waals surface area (Å²) < 4.78 is 11.6. The molecule has 168 valence electrons. The Morgan fingerprint density at radius 3 is 2.03 bits per heavy atom. The second-order valence-electron chi connectivity index (χ2n) is 8.64. The van der Waals surface area contributed by atoms with Crippen LogP contribution in [0.2, 0.25) is 0 Å². The molecule has 3 aliphatic heterocycles. The van der Waals surface area contributed by atoms with Crippen molar-refractivity contribution in [3.63, 3.8) is 0 Å². The van der Waals surface area contributed by atoms with Crippen LogP contribution < -0.4 is 15.1 Å². The van der Waals surface area contributed by atoms with Crippen molar-refractivity contribution in [2.75, 3.05) is 74.1 Å². The minimum atomic E-state index is 0.111. The van der Waals surface area contributed by atoms with Crippen LogP contribution in [0.4, 0.5) is 17.8 Å². The van der Waals surface area contributed by atoms with Crippen molar-refractivity contribution < 1.29 is 9.15 Å². The first kappa shape index (κ1) is 20.5. The Kier molecular flexibility index (Phi) is 6.22. The number of rotatable bonds is 7. The molecule has 0 bridgehead atoms. The number of morpholine rings is 1. The molecule has 0 amide bonds. The van der Waals surface area contributed by atoms with E-state index in [1.165, 1.54) is 25.7 Å². The Labute approximate surface area is 183 Å². The lowest BCUT2D eigenvalue weighted by Gasteiger charge is -2.33. The fourth-order valence-corrected chi connectivity index (χ4v) is 4.67. The summed E-state index contributed by atoms with van der Waals surface area (Å²) in [4.78, 5) is 21.4. The molecule has 5 heterocycles. The minimum Gasteiger partial charge on any atom is -0.465 e. The summed E-state index contributed by atoms with van der Waals surface area (Å²) in [5, 5.41) is 3.52. The normalized spacial score (nSPS) is 21.1. The Bertz CT molecular complexity index is 821. The van der Waals surface area contributed by atoms with Crippen LogP contribution in [0, 0.1) is 6.92 Å². The zero-order chi connectivity index (χ0) is 21.0. The largest absolute Gasteiger partial charge is 0.465 e. The topological polar surface area (TPSA) is 82.8 Å². The standard InChI is InChI=1S/C22H33N7O2/c1-17-6-7-19(31-17)18(27-12-14-30-15-13-27)16-23-20-24-21(28-8-2-3-9-28)26-22(25-20)29-10-4-5-11-29/h6-7,18H,2-5,8-16H2,1H3,(H,23,24,25,26)/t18-/m0/s1. The Hall–Kier alpha value is -2.39. The van der Waals surface area contributed by atoms with Crippen molar-refractivity contribution in [1.82, 2.24) is 19.9 Å². The number of furan rings is 1. The van der Waals surface area contributed by atoms with Gasteiger partial charge in [0.25, 0.3) is 0 Å². The van der Waals surface area contributed by atoms with Gasteiger partial charge in [-0.25, -0.2) is 0 Å². The van der Waals surface area contributed by atoms with Gasteiger partial charge in [-0.05, 0) is 44.7 Å². The molecular formula is C22H33N7O2. The summed E-state index contributed by atoms with van der Waals surface area (Å²) in [6, 6.07) is 4.22. The highest BCUT2D eigenvalue weighted by Gasteiger charge is 2.26. The number of ether oxygens (including phenoxy) is 1. The number of anilines is 3. The van der Waals surface area contributed by atoms with E-state index in [9.17, 15) is 0 Å². The summed E-state index contributed by atoms with van der Waals surface area (Å²) in [6.45, 7) is 10.0. The molecule has 9 nitrogen and oxygen atoms in total. The molecule has 0 aromatic carbocycles. The average Bonchev–Trinajstić information content (AvgIpc) is 3.58.